The number of rotatable bonds is 4. The molecule has 32 heavy (non-hydrogen) atoms. The van der Waals surface area contributed by atoms with Crippen molar-refractivity contribution in [2.75, 3.05) is 18.6 Å². The Labute approximate surface area is 183 Å². The molecule has 8 heteroatoms. The zero-order valence-electron chi connectivity index (χ0n) is 17.3. The topological polar surface area (TPSA) is 97.6 Å². The number of benzene rings is 2. The van der Waals surface area contributed by atoms with E-state index in [1.165, 1.54) is 4.90 Å². The van der Waals surface area contributed by atoms with E-state index in [0.717, 1.165) is 16.3 Å². The summed E-state index contributed by atoms with van der Waals surface area (Å²) >= 11 is 0. The van der Waals surface area contributed by atoms with Crippen LogP contribution < -0.4 is 15.0 Å². The number of likely N-dealkylation sites (N-methyl/N-ethyl adjacent to an activating group) is 1. The first kappa shape index (κ1) is 19.7. The van der Waals surface area contributed by atoms with Crippen LogP contribution in [0.15, 0.2) is 71.5 Å². The predicted molar refractivity (Wildman–Crippen MR) is 118 cm³/mol. The summed E-state index contributed by atoms with van der Waals surface area (Å²) < 4.78 is 11.2. The molecule has 4 aromatic rings. The van der Waals surface area contributed by atoms with Gasteiger partial charge in [0.1, 0.15) is 24.2 Å². The molecule has 3 heterocycles. The van der Waals surface area contributed by atoms with E-state index < -0.39 is 11.9 Å². The highest BCUT2D eigenvalue weighted by Gasteiger charge is 2.32. The minimum absolute atomic E-state index is 0.00717. The summed E-state index contributed by atoms with van der Waals surface area (Å²) in [5.41, 5.74) is 1.81. The number of nitrogens with zero attached hydrogens (tertiary/aromatic N) is 3. The maximum Gasteiger partial charge on any atom is 0.274 e. The van der Waals surface area contributed by atoms with E-state index in [4.69, 9.17) is 9.26 Å². The van der Waals surface area contributed by atoms with Crippen LogP contribution in [-0.2, 0) is 11.2 Å². The van der Waals surface area contributed by atoms with Crippen LogP contribution in [0.1, 0.15) is 21.8 Å². The molecule has 0 spiro atoms. The summed E-state index contributed by atoms with van der Waals surface area (Å²) in [5, 5.41) is 8.33. The molecule has 0 fully saturated rings. The van der Waals surface area contributed by atoms with Crippen molar-refractivity contribution in [1.82, 2.24) is 15.5 Å². The molecule has 2 amide bonds. The van der Waals surface area contributed by atoms with E-state index in [1.54, 1.807) is 31.6 Å². The van der Waals surface area contributed by atoms with Gasteiger partial charge >= 0.3 is 0 Å². The van der Waals surface area contributed by atoms with Crippen molar-refractivity contribution < 1.29 is 18.8 Å². The van der Waals surface area contributed by atoms with Crippen LogP contribution in [0.2, 0.25) is 0 Å². The molecule has 2 aromatic heterocycles. The van der Waals surface area contributed by atoms with Crippen LogP contribution in [-0.4, -0.2) is 41.7 Å². The summed E-state index contributed by atoms with van der Waals surface area (Å²) in [5.74, 6) is 0.357. The second kappa shape index (κ2) is 8.14. The van der Waals surface area contributed by atoms with Gasteiger partial charge < -0.3 is 19.5 Å². The third-order valence-corrected chi connectivity index (χ3v) is 5.44. The molecule has 0 aliphatic carbocycles. The van der Waals surface area contributed by atoms with Crippen LogP contribution in [0.5, 0.6) is 5.75 Å². The van der Waals surface area contributed by atoms with Gasteiger partial charge in [0.2, 0.25) is 0 Å². The summed E-state index contributed by atoms with van der Waals surface area (Å²) in [6.07, 6.45) is 3.92. The van der Waals surface area contributed by atoms with Crippen molar-refractivity contribution in [3.05, 3.63) is 84.0 Å². The molecule has 0 saturated heterocycles. The molecular weight excluding hydrogens is 408 g/mol. The largest absolute Gasteiger partial charge is 0.489 e. The number of anilines is 1. The van der Waals surface area contributed by atoms with Crippen LogP contribution in [0, 0.1) is 0 Å². The number of hydrogen-bond donors (Lipinski definition) is 1. The monoisotopic (exact) mass is 428 g/mol. The normalized spacial score (nSPS) is 15.7. The van der Waals surface area contributed by atoms with Gasteiger partial charge in [-0.15, -0.1) is 0 Å². The van der Waals surface area contributed by atoms with Crippen LogP contribution in [0.25, 0.3) is 10.8 Å². The quantitative estimate of drug-likeness (QED) is 0.537. The molecule has 1 aliphatic rings. The lowest BCUT2D eigenvalue weighted by atomic mass is 10.1. The fourth-order valence-electron chi connectivity index (χ4n) is 3.82. The van der Waals surface area contributed by atoms with Gasteiger partial charge in [0.25, 0.3) is 11.8 Å². The Bertz CT molecular complexity index is 1300. The van der Waals surface area contributed by atoms with E-state index >= 15 is 0 Å². The van der Waals surface area contributed by atoms with Gasteiger partial charge in [0.05, 0.1) is 5.69 Å². The number of nitrogens with one attached hydrogen (secondary N) is 1. The van der Waals surface area contributed by atoms with E-state index in [2.05, 4.69) is 15.5 Å². The van der Waals surface area contributed by atoms with Gasteiger partial charge in [-0.3, -0.25) is 14.6 Å². The summed E-state index contributed by atoms with van der Waals surface area (Å²) in [7, 11) is 1.67. The van der Waals surface area contributed by atoms with Crippen molar-refractivity contribution in [1.29, 1.82) is 0 Å². The fourth-order valence-corrected chi connectivity index (χ4v) is 3.82. The van der Waals surface area contributed by atoms with E-state index in [0.29, 0.717) is 23.6 Å². The highest BCUT2D eigenvalue weighted by Crippen LogP contribution is 2.37. The number of aromatic nitrogens is 2. The molecule has 1 atom stereocenters. The minimum atomic E-state index is -0.869. The SMILES string of the molecule is CN1C(=O)C(NC(=O)c2cc(Cc3ccccc3)on2)COc2ccc3cnccc3c21. The van der Waals surface area contributed by atoms with Crippen LogP contribution in [0.4, 0.5) is 5.69 Å². The smallest absolute Gasteiger partial charge is 0.274 e. The summed E-state index contributed by atoms with van der Waals surface area (Å²) in [6.45, 7) is 0.00717. The van der Waals surface area contributed by atoms with Crippen molar-refractivity contribution in [3.8, 4) is 5.75 Å². The number of amides is 2. The number of carbonyl (C=O) groups excluding carboxylic acids is 2. The van der Waals surface area contributed by atoms with Gasteiger partial charge in [-0.1, -0.05) is 35.5 Å². The van der Waals surface area contributed by atoms with Crippen molar-refractivity contribution in [3.63, 3.8) is 0 Å². The Morgan fingerprint density at radius 1 is 1.19 bits per heavy atom. The number of fused-ring (bicyclic) bond motifs is 3. The molecule has 160 valence electrons. The highest BCUT2D eigenvalue weighted by molar-refractivity contribution is 6.09. The number of carbonyl (C=O) groups is 2. The molecule has 0 bridgehead atoms. The first-order chi connectivity index (χ1) is 15.6. The highest BCUT2D eigenvalue weighted by atomic mass is 16.5. The van der Waals surface area contributed by atoms with Gasteiger partial charge in [0, 0.05) is 42.7 Å². The Morgan fingerprint density at radius 2 is 2.03 bits per heavy atom. The lowest BCUT2D eigenvalue weighted by molar-refractivity contribution is -0.120. The molecule has 5 rings (SSSR count). The molecule has 1 unspecified atom stereocenters. The van der Waals surface area contributed by atoms with Crippen LogP contribution >= 0.6 is 0 Å². The molecular formula is C24H20N4O4. The third-order valence-electron chi connectivity index (χ3n) is 5.44. The maximum atomic E-state index is 13.1. The Hall–Kier alpha value is -4.20. The second-order valence-corrected chi connectivity index (χ2v) is 7.58. The Morgan fingerprint density at radius 3 is 2.88 bits per heavy atom. The minimum Gasteiger partial charge on any atom is -0.489 e. The predicted octanol–water partition coefficient (Wildman–Crippen LogP) is 2.97. The molecule has 8 nitrogen and oxygen atoms in total. The molecule has 2 aromatic carbocycles. The van der Waals surface area contributed by atoms with Crippen LogP contribution in [0.3, 0.4) is 0 Å². The zero-order chi connectivity index (χ0) is 22.1. The molecule has 0 saturated carbocycles. The van der Waals surface area contributed by atoms with Gasteiger partial charge in [-0.2, -0.15) is 0 Å². The number of hydrogen-bond acceptors (Lipinski definition) is 6. The molecule has 1 N–H and O–H groups in total. The van der Waals surface area contributed by atoms with E-state index in [1.807, 2.05) is 42.5 Å². The average Bonchev–Trinajstić information content (AvgIpc) is 3.25. The summed E-state index contributed by atoms with van der Waals surface area (Å²) in [4.78, 5) is 31.5. The average molecular weight is 428 g/mol. The number of pyridine rings is 1. The van der Waals surface area contributed by atoms with Crippen molar-refractivity contribution >= 4 is 28.3 Å². The fraction of sp³-hybridized carbons (Fsp3) is 0.167. The molecule has 1 aliphatic heterocycles. The third kappa shape index (κ3) is 3.66. The van der Waals surface area contributed by atoms with Gasteiger partial charge in [0.15, 0.2) is 5.69 Å². The summed E-state index contributed by atoms with van der Waals surface area (Å²) in [6, 6.07) is 16.0. The van der Waals surface area contributed by atoms with Gasteiger partial charge in [-0.25, -0.2) is 0 Å². The van der Waals surface area contributed by atoms with Gasteiger partial charge in [-0.05, 0) is 23.8 Å². The zero-order valence-corrected chi connectivity index (χ0v) is 17.3. The first-order valence-corrected chi connectivity index (χ1v) is 10.2. The lowest BCUT2D eigenvalue weighted by Crippen LogP contribution is -2.49. The first-order valence-electron chi connectivity index (χ1n) is 10.2. The van der Waals surface area contributed by atoms with E-state index in [-0.39, 0.29) is 18.2 Å². The lowest BCUT2D eigenvalue weighted by Gasteiger charge is -2.21. The maximum absolute atomic E-state index is 13.1. The Kier molecular flexibility index (Phi) is 5.03. The molecule has 0 radical (unpaired) electrons. The second-order valence-electron chi connectivity index (χ2n) is 7.58. The van der Waals surface area contributed by atoms with Crippen molar-refractivity contribution in [2.45, 2.75) is 12.5 Å². The standard InChI is InChI=1S/C24H20N4O4/c1-28-22-18-9-10-25-13-16(18)7-8-21(22)31-14-20(24(28)30)26-23(29)19-12-17(32-27-19)11-15-5-3-2-4-6-15/h2-10,12-13,20H,11,14H2,1H3,(H,26,29). The Balaban J connectivity index is 1.33. The number of ether oxygens (including phenoxy) is 1. The van der Waals surface area contributed by atoms with Crippen molar-refractivity contribution in [2.24, 2.45) is 0 Å². The van der Waals surface area contributed by atoms with E-state index in [9.17, 15) is 9.59 Å².